The van der Waals surface area contributed by atoms with E-state index < -0.39 is 0 Å². The molecule has 2 heterocycles. The van der Waals surface area contributed by atoms with Crippen LogP contribution in [-0.4, -0.2) is 40.9 Å². The Morgan fingerprint density at radius 1 is 1.56 bits per heavy atom. The number of carbonyl (C=O) groups excluding carboxylic acids is 1. The third-order valence-corrected chi connectivity index (χ3v) is 2.62. The Morgan fingerprint density at radius 2 is 2.38 bits per heavy atom. The number of aryl methyl sites for hydroxylation is 1. The van der Waals surface area contributed by atoms with E-state index in [9.17, 15) is 4.79 Å². The molecule has 3 N–H and O–H groups in total. The highest BCUT2D eigenvalue weighted by molar-refractivity contribution is 5.94. The van der Waals surface area contributed by atoms with Gasteiger partial charge in [-0.05, 0) is 6.92 Å². The fourth-order valence-electron chi connectivity index (χ4n) is 1.66. The number of anilines is 1. The maximum atomic E-state index is 11.8. The van der Waals surface area contributed by atoms with Crippen molar-refractivity contribution in [3.63, 3.8) is 0 Å². The molecule has 1 fully saturated rings. The predicted molar refractivity (Wildman–Crippen MR) is 61.1 cm³/mol. The molecule has 0 spiro atoms. The van der Waals surface area contributed by atoms with Crippen LogP contribution in [0, 0.1) is 0 Å². The van der Waals surface area contributed by atoms with Gasteiger partial charge in [0, 0.05) is 38.4 Å². The van der Waals surface area contributed by atoms with Crippen molar-refractivity contribution in [3.05, 3.63) is 12.3 Å². The summed E-state index contributed by atoms with van der Waals surface area (Å²) in [4.78, 5) is 11.8. The molecule has 1 amide bonds. The summed E-state index contributed by atoms with van der Waals surface area (Å²) in [6.45, 7) is 3.54. The Bertz CT molecular complexity index is 367. The Labute approximate surface area is 94.4 Å². The lowest BCUT2D eigenvalue weighted by atomic mass is 10.1. The summed E-state index contributed by atoms with van der Waals surface area (Å²) in [7, 11) is 1.82. The van der Waals surface area contributed by atoms with Gasteiger partial charge in [0.2, 0.25) is 5.91 Å². The topological polar surface area (TPSA) is 71.0 Å². The molecule has 1 aliphatic rings. The minimum atomic E-state index is -0.182. The van der Waals surface area contributed by atoms with E-state index in [1.807, 2.05) is 7.05 Å². The summed E-state index contributed by atoms with van der Waals surface area (Å²) in [5, 5.41) is 13.3. The number of hydrogen-bond acceptors (Lipinski definition) is 4. The van der Waals surface area contributed by atoms with Crippen LogP contribution < -0.4 is 16.0 Å². The molecule has 2 atom stereocenters. The standard InChI is InChI=1S/C10H17N5O/c1-7-5-12-8(6-11-7)10(16)13-9-3-4-15(2)14-9/h3-4,7-8,11-12H,5-6H2,1-2H3,(H,13,14,16). The Hall–Kier alpha value is -1.40. The summed E-state index contributed by atoms with van der Waals surface area (Å²) in [5.74, 6) is 0.547. The average Bonchev–Trinajstić information content (AvgIpc) is 2.65. The molecule has 88 valence electrons. The fraction of sp³-hybridized carbons (Fsp3) is 0.600. The summed E-state index contributed by atoms with van der Waals surface area (Å²) in [6.07, 6.45) is 1.80. The van der Waals surface area contributed by atoms with Crippen LogP contribution >= 0.6 is 0 Å². The number of piperazine rings is 1. The van der Waals surface area contributed by atoms with Gasteiger partial charge in [0.25, 0.3) is 0 Å². The van der Waals surface area contributed by atoms with E-state index in [1.54, 1.807) is 16.9 Å². The molecule has 0 aromatic carbocycles. The normalized spacial score (nSPS) is 25.4. The van der Waals surface area contributed by atoms with Crippen molar-refractivity contribution >= 4 is 11.7 Å². The zero-order chi connectivity index (χ0) is 11.5. The van der Waals surface area contributed by atoms with Gasteiger partial charge < -0.3 is 16.0 Å². The quantitative estimate of drug-likeness (QED) is 0.620. The summed E-state index contributed by atoms with van der Waals surface area (Å²) in [5.41, 5.74) is 0. The van der Waals surface area contributed by atoms with Gasteiger partial charge in [-0.25, -0.2) is 0 Å². The summed E-state index contributed by atoms with van der Waals surface area (Å²) in [6, 6.07) is 2.01. The average molecular weight is 223 g/mol. The van der Waals surface area contributed by atoms with Crippen molar-refractivity contribution in [3.8, 4) is 0 Å². The highest BCUT2D eigenvalue weighted by Gasteiger charge is 2.23. The van der Waals surface area contributed by atoms with Crippen LogP contribution in [0.3, 0.4) is 0 Å². The minimum absolute atomic E-state index is 0.0434. The zero-order valence-electron chi connectivity index (χ0n) is 9.53. The molecule has 16 heavy (non-hydrogen) atoms. The first-order chi connectivity index (χ1) is 7.65. The molecule has 0 radical (unpaired) electrons. The Balaban J connectivity index is 1.88. The maximum absolute atomic E-state index is 11.8. The van der Waals surface area contributed by atoms with Crippen LogP contribution in [-0.2, 0) is 11.8 Å². The monoisotopic (exact) mass is 223 g/mol. The lowest BCUT2D eigenvalue weighted by Crippen LogP contribution is -2.57. The molecule has 1 aromatic rings. The van der Waals surface area contributed by atoms with Crippen LogP contribution in [0.4, 0.5) is 5.82 Å². The molecule has 2 rings (SSSR count). The predicted octanol–water partition coefficient (Wildman–Crippen LogP) is -0.691. The summed E-state index contributed by atoms with van der Waals surface area (Å²) < 4.78 is 1.66. The second-order valence-electron chi connectivity index (χ2n) is 4.13. The van der Waals surface area contributed by atoms with Crippen LogP contribution in [0.1, 0.15) is 6.92 Å². The first-order valence-electron chi connectivity index (χ1n) is 5.42. The molecular formula is C10H17N5O. The van der Waals surface area contributed by atoms with Gasteiger partial charge in [-0.2, -0.15) is 5.10 Å². The van der Waals surface area contributed by atoms with Crippen molar-refractivity contribution in [2.75, 3.05) is 18.4 Å². The number of amides is 1. The van der Waals surface area contributed by atoms with Gasteiger partial charge in [0.05, 0.1) is 6.04 Å². The Kier molecular flexibility index (Phi) is 3.21. The van der Waals surface area contributed by atoms with E-state index in [1.165, 1.54) is 0 Å². The molecule has 6 nitrogen and oxygen atoms in total. The molecule has 6 heteroatoms. The minimum Gasteiger partial charge on any atom is -0.311 e. The van der Waals surface area contributed by atoms with Gasteiger partial charge >= 0.3 is 0 Å². The van der Waals surface area contributed by atoms with E-state index in [0.717, 1.165) is 6.54 Å². The smallest absolute Gasteiger partial charge is 0.244 e. The van der Waals surface area contributed by atoms with Crippen molar-refractivity contribution in [1.29, 1.82) is 0 Å². The molecular weight excluding hydrogens is 206 g/mol. The number of nitrogens with one attached hydrogen (secondary N) is 3. The molecule has 1 aromatic heterocycles. The van der Waals surface area contributed by atoms with Crippen molar-refractivity contribution in [1.82, 2.24) is 20.4 Å². The van der Waals surface area contributed by atoms with Crippen LogP contribution in [0.15, 0.2) is 12.3 Å². The summed E-state index contributed by atoms with van der Waals surface area (Å²) >= 11 is 0. The van der Waals surface area contributed by atoms with E-state index in [2.05, 4.69) is 28.0 Å². The first-order valence-corrected chi connectivity index (χ1v) is 5.42. The van der Waals surface area contributed by atoms with E-state index in [-0.39, 0.29) is 11.9 Å². The second-order valence-corrected chi connectivity index (χ2v) is 4.13. The van der Waals surface area contributed by atoms with Gasteiger partial charge in [-0.3, -0.25) is 9.48 Å². The van der Waals surface area contributed by atoms with Gasteiger partial charge in [-0.1, -0.05) is 0 Å². The number of nitrogens with zero attached hydrogens (tertiary/aromatic N) is 2. The third-order valence-electron chi connectivity index (χ3n) is 2.62. The van der Waals surface area contributed by atoms with Crippen molar-refractivity contribution in [2.45, 2.75) is 19.0 Å². The number of rotatable bonds is 2. The van der Waals surface area contributed by atoms with Crippen molar-refractivity contribution in [2.24, 2.45) is 7.05 Å². The van der Waals surface area contributed by atoms with E-state index in [4.69, 9.17) is 0 Å². The molecule has 1 saturated heterocycles. The Morgan fingerprint density at radius 3 is 2.94 bits per heavy atom. The fourth-order valence-corrected chi connectivity index (χ4v) is 1.66. The molecule has 0 saturated carbocycles. The zero-order valence-corrected chi connectivity index (χ0v) is 9.53. The highest BCUT2D eigenvalue weighted by atomic mass is 16.2. The van der Waals surface area contributed by atoms with Crippen LogP contribution in [0.5, 0.6) is 0 Å². The maximum Gasteiger partial charge on any atom is 0.244 e. The third kappa shape index (κ3) is 2.59. The molecule has 0 aliphatic carbocycles. The first kappa shape index (κ1) is 11.1. The SMILES string of the molecule is CC1CNC(C(=O)Nc2ccn(C)n2)CN1. The largest absolute Gasteiger partial charge is 0.311 e. The molecule has 0 bridgehead atoms. The van der Waals surface area contributed by atoms with Crippen LogP contribution in [0.25, 0.3) is 0 Å². The number of carbonyl (C=O) groups is 1. The molecule has 2 unspecified atom stereocenters. The van der Waals surface area contributed by atoms with Gasteiger partial charge in [-0.15, -0.1) is 0 Å². The number of hydrogen-bond donors (Lipinski definition) is 3. The van der Waals surface area contributed by atoms with E-state index >= 15 is 0 Å². The van der Waals surface area contributed by atoms with Crippen LogP contribution in [0.2, 0.25) is 0 Å². The van der Waals surface area contributed by atoms with E-state index in [0.29, 0.717) is 18.4 Å². The second kappa shape index (κ2) is 4.63. The molecule has 1 aliphatic heterocycles. The lowest BCUT2D eigenvalue weighted by molar-refractivity contribution is -0.118. The van der Waals surface area contributed by atoms with Gasteiger partial charge in [0.1, 0.15) is 0 Å². The van der Waals surface area contributed by atoms with Crippen molar-refractivity contribution < 1.29 is 4.79 Å². The number of aromatic nitrogens is 2. The van der Waals surface area contributed by atoms with Gasteiger partial charge in [0.15, 0.2) is 5.82 Å². The highest BCUT2D eigenvalue weighted by Crippen LogP contribution is 2.02. The lowest BCUT2D eigenvalue weighted by Gasteiger charge is -2.27.